The second kappa shape index (κ2) is 13.4. The van der Waals surface area contributed by atoms with Crippen LogP contribution >= 0.6 is 0 Å². The van der Waals surface area contributed by atoms with E-state index in [1.54, 1.807) is 0 Å². The predicted octanol–water partition coefficient (Wildman–Crippen LogP) is 3.19. The van der Waals surface area contributed by atoms with Crippen molar-refractivity contribution >= 4 is 5.97 Å². The molecule has 2 N–H and O–H groups in total. The van der Waals surface area contributed by atoms with Crippen LogP contribution < -0.4 is 0 Å². The maximum absolute atomic E-state index is 10.9. The summed E-state index contributed by atoms with van der Waals surface area (Å²) in [4.78, 5) is 10.9. The van der Waals surface area contributed by atoms with Crippen LogP contribution in [-0.4, -0.2) is 35.5 Å². The normalized spacial score (nSPS) is 14.0. The number of carbonyl (C=O) groups excluding carboxylic acids is 1. The molecule has 0 aromatic carbocycles. The Morgan fingerprint density at radius 1 is 0.900 bits per heavy atom. The van der Waals surface area contributed by atoms with Gasteiger partial charge in [-0.2, -0.15) is 0 Å². The number of rotatable bonds is 13. The molecule has 0 fully saturated rings. The maximum Gasteiger partial charge on any atom is 0.308 e. The van der Waals surface area contributed by atoms with E-state index >= 15 is 0 Å². The van der Waals surface area contributed by atoms with E-state index < -0.39 is 6.10 Å². The van der Waals surface area contributed by atoms with Crippen molar-refractivity contribution in [2.45, 2.75) is 89.8 Å². The first-order valence-electron chi connectivity index (χ1n) is 8.03. The monoisotopic (exact) mass is 288 g/mol. The fraction of sp³-hybridized carbons (Fsp3) is 0.938. The zero-order valence-corrected chi connectivity index (χ0v) is 13.1. The standard InChI is InChI=1S/C16H32O4/c1-3-10-14(17)11-8-6-4-5-7-9-12-15(18)13-16(19)20-2/h14-15,17-18H,3-13H2,1-2H3/t14-,15-/m0/s1. The maximum atomic E-state index is 10.9. The molecule has 0 saturated heterocycles. The number of aliphatic hydroxyl groups excluding tert-OH is 2. The summed E-state index contributed by atoms with van der Waals surface area (Å²) in [5, 5.41) is 19.2. The average Bonchev–Trinajstić information content (AvgIpc) is 2.41. The van der Waals surface area contributed by atoms with Crippen molar-refractivity contribution in [3.63, 3.8) is 0 Å². The van der Waals surface area contributed by atoms with Gasteiger partial charge in [0, 0.05) is 0 Å². The molecule has 0 aliphatic rings. The van der Waals surface area contributed by atoms with E-state index in [2.05, 4.69) is 11.7 Å². The van der Waals surface area contributed by atoms with Gasteiger partial charge in [-0.05, 0) is 19.3 Å². The lowest BCUT2D eigenvalue weighted by molar-refractivity contribution is -0.142. The van der Waals surface area contributed by atoms with Gasteiger partial charge in [0.05, 0.1) is 25.7 Å². The molecule has 0 radical (unpaired) electrons. The van der Waals surface area contributed by atoms with Crippen molar-refractivity contribution in [3.05, 3.63) is 0 Å². The topological polar surface area (TPSA) is 66.8 Å². The van der Waals surface area contributed by atoms with Crippen molar-refractivity contribution in [3.8, 4) is 0 Å². The number of carbonyl (C=O) groups is 1. The largest absolute Gasteiger partial charge is 0.469 e. The van der Waals surface area contributed by atoms with Crippen LogP contribution in [0, 0.1) is 0 Å². The summed E-state index contributed by atoms with van der Waals surface area (Å²) < 4.78 is 4.51. The molecule has 0 amide bonds. The molecule has 0 aliphatic heterocycles. The van der Waals surface area contributed by atoms with Crippen molar-refractivity contribution < 1.29 is 19.7 Å². The fourth-order valence-electron chi connectivity index (χ4n) is 2.32. The molecule has 0 heterocycles. The highest BCUT2D eigenvalue weighted by Crippen LogP contribution is 2.13. The molecule has 120 valence electrons. The van der Waals surface area contributed by atoms with Gasteiger partial charge in [-0.1, -0.05) is 51.9 Å². The number of hydrogen-bond acceptors (Lipinski definition) is 4. The van der Waals surface area contributed by atoms with Crippen LogP contribution in [0.3, 0.4) is 0 Å². The second-order valence-electron chi connectivity index (χ2n) is 5.58. The van der Waals surface area contributed by atoms with E-state index in [0.717, 1.165) is 44.9 Å². The summed E-state index contributed by atoms with van der Waals surface area (Å²) in [6, 6.07) is 0. The Balaban J connectivity index is 3.26. The van der Waals surface area contributed by atoms with E-state index in [9.17, 15) is 15.0 Å². The first kappa shape index (κ1) is 19.4. The van der Waals surface area contributed by atoms with E-state index in [1.165, 1.54) is 20.0 Å². The van der Waals surface area contributed by atoms with Gasteiger partial charge < -0.3 is 14.9 Å². The fourth-order valence-corrected chi connectivity index (χ4v) is 2.32. The zero-order valence-electron chi connectivity index (χ0n) is 13.1. The van der Waals surface area contributed by atoms with Gasteiger partial charge in [0.15, 0.2) is 0 Å². The minimum Gasteiger partial charge on any atom is -0.469 e. The highest BCUT2D eigenvalue weighted by atomic mass is 16.5. The SMILES string of the molecule is CCC[C@H](O)CCCCCCCC[C@H](O)CC(=O)OC. The molecule has 2 atom stereocenters. The second-order valence-corrected chi connectivity index (χ2v) is 5.58. The van der Waals surface area contributed by atoms with Crippen molar-refractivity contribution in [2.75, 3.05) is 7.11 Å². The lowest BCUT2D eigenvalue weighted by Crippen LogP contribution is -2.14. The Hall–Kier alpha value is -0.610. The molecule has 0 bridgehead atoms. The van der Waals surface area contributed by atoms with Crippen LogP contribution in [0.5, 0.6) is 0 Å². The molecule has 0 unspecified atom stereocenters. The molecule has 0 aliphatic carbocycles. The summed E-state index contributed by atoms with van der Waals surface area (Å²) in [6.07, 6.45) is 9.65. The molecule has 0 spiro atoms. The minimum absolute atomic E-state index is 0.103. The van der Waals surface area contributed by atoms with Gasteiger partial charge in [-0.25, -0.2) is 0 Å². The van der Waals surface area contributed by atoms with Crippen molar-refractivity contribution in [1.29, 1.82) is 0 Å². The molecule has 0 saturated carbocycles. The number of esters is 1. The molecule has 20 heavy (non-hydrogen) atoms. The lowest BCUT2D eigenvalue weighted by Gasteiger charge is -2.09. The Bertz CT molecular complexity index is 231. The summed E-state index contributed by atoms with van der Waals surface area (Å²) in [5.74, 6) is -0.344. The van der Waals surface area contributed by atoms with Crippen LogP contribution in [0.2, 0.25) is 0 Å². The van der Waals surface area contributed by atoms with E-state index in [0.29, 0.717) is 6.42 Å². The Labute approximate surface area is 123 Å². The van der Waals surface area contributed by atoms with E-state index in [1.807, 2.05) is 0 Å². The molecule has 0 aromatic rings. The number of aliphatic hydroxyl groups is 2. The third-order valence-corrected chi connectivity index (χ3v) is 3.58. The lowest BCUT2D eigenvalue weighted by atomic mass is 10.0. The smallest absolute Gasteiger partial charge is 0.308 e. The average molecular weight is 288 g/mol. The van der Waals surface area contributed by atoms with Crippen LogP contribution in [0.1, 0.15) is 77.6 Å². The first-order valence-corrected chi connectivity index (χ1v) is 8.03. The summed E-state index contributed by atoms with van der Waals surface area (Å²) >= 11 is 0. The van der Waals surface area contributed by atoms with E-state index in [4.69, 9.17) is 0 Å². The Morgan fingerprint density at radius 3 is 1.90 bits per heavy atom. The number of ether oxygens (including phenoxy) is 1. The number of unbranched alkanes of at least 4 members (excludes halogenated alkanes) is 5. The molecule has 0 aromatic heterocycles. The zero-order chi connectivity index (χ0) is 15.2. The minimum atomic E-state index is -0.563. The van der Waals surface area contributed by atoms with Gasteiger partial charge in [0.2, 0.25) is 0 Å². The molecular weight excluding hydrogens is 256 g/mol. The number of hydrogen-bond donors (Lipinski definition) is 2. The van der Waals surface area contributed by atoms with Gasteiger partial charge in [0.25, 0.3) is 0 Å². The Morgan fingerprint density at radius 2 is 1.40 bits per heavy atom. The van der Waals surface area contributed by atoms with Crippen molar-refractivity contribution in [2.24, 2.45) is 0 Å². The highest BCUT2D eigenvalue weighted by Gasteiger charge is 2.10. The van der Waals surface area contributed by atoms with Gasteiger partial charge >= 0.3 is 5.97 Å². The number of methoxy groups -OCH3 is 1. The van der Waals surface area contributed by atoms with Crippen LogP contribution in [0.15, 0.2) is 0 Å². The Kier molecular flexibility index (Phi) is 13.0. The van der Waals surface area contributed by atoms with Crippen LogP contribution in [-0.2, 0) is 9.53 Å². The molecule has 4 nitrogen and oxygen atoms in total. The van der Waals surface area contributed by atoms with Crippen molar-refractivity contribution in [1.82, 2.24) is 0 Å². The first-order chi connectivity index (χ1) is 9.60. The van der Waals surface area contributed by atoms with Gasteiger partial charge in [0.1, 0.15) is 0 Å². The van der Waals surface area contributed by atoms with Gasteiger partial charge in [-0.3, -0.25) is 4.79 Å². The van der Waals surface area contributed by atoms with Crippen LogP contribution in [0.4, 0.5) is 0 Å². The third kappa shape index (κ3) is 12.4. The quantitative estimate of drug-likeness (QED) is 0.403. The van der Waals surface area contributed by atoms with Crippen LogP contribution in [0.25, 0.3) is 0 Å². The molecule has 4 heteroatoms. The summed E-state index contributed by atoms with van der Waals surface area (Å²) in [6.45, 7) is 2.10. The third-order valence-electron chi connectivity index (χ3n) is 3.58. The molecule has 0 rings (SSSR count). The van der Waals surface area contributed by atoms with Gasteiger partial charge in [-0.15, -0.1) is 0 Å². The van der Waals surface area contributed by atoms with E-state index in [-0.39, 0.29) is 18.5 Å². The highest BCUT2D eigenvalue weighted by molar-refractivity contribution is 5.69. The summed E-state index contributed by atoms with van der Waals surface area (Å²) in [7, 11) is 1.34. The predicted molar refractivity (Wildman–Crippen MR) is 80.5 cm³/mol. The summed E-state index contributed by atoms with van der Waals surface area (Å²) in [5.41, 5.74) is 0. The molecular formula is C16H32O4.